The minimum atomic E-state index is -0.219. The van der Waals surface area contributed by atoms with Gasteiger partial charge in [0.15, 0.2) is 11.5 Å². The Morgan fingerprint density at radius 3 is 2.30 bits per heavy atom. The third-order valence-corrected chi connectivity index (χ3v) is 6.37. The normalized spacial score (nSPS) is 14.4. The minimum Gasteiger partial charge on any atom is -0.355 e. The number of fused-ring (bicyclic) bond motifs is 1. The van der Waals surface area contributed by atoms with Gasteiger partial charge in [0.1, 0.15) is 0 Å². The summed E-state index contributed by atoms with van der Waals surface area (Å²) in [4.78, 5) is 19.2. The number of piperidine rings is 1. The average Bonchev–Trinajstić information content (AvgIpc) is 2.88. The maximum atomic E-state index is 12.9. The van der Waals surface area contributed by atoms with Gasteiger partial charge in [-0.25, -0.2) is 0 Å². The third kappa shape index (κ3) is 4.85. The Labute approximate surface area is 193 Å². The first kappa shape index (κ1) is 21.1. The van der Waals surface area contributed by atoms with Crippen LogP contribution in [-0.2, 0) is 13.0 Å². The summed E-state index contributed by atoms with van der Waals surface area (Å²) in [6, 6.07) is 22.4. The van der Waals surface area contributed by atoms with Crippen molar-refractivity contribution in [2.45, 2.75) is 25.8 Å². The smallest absolute Gasteiger partial charge is 0.272 e. The van der Waals surface area contributed by atoms with E-state index in [9.17, 15) is 4.79 Å². The molecular formula is C27H27N5O. The van der Waals surface area contributed by atoms with Crippen molar-refractivity contribution in [1.29, 1.82) is 0 Å². The molecule has 0 bridgehead atoms. The summed E-state index contributed by atoms with van der Waals surface area (Å²) >= 11 is 0. The van der Waals surface area contributed by atoms with Crippen LogP contribution in [0.2, 0.25) is 0 Å². The highest BCUT2D eigenvalue weighted by Crippen LogP contribution is 2.30. The standard InChI is InChI=1S/C27H27N5O/c33-27(29-19-22-10-14-28-15-11-22)25-23-8-4-5-9-24(23)26(31-30-25)32-16-12-21(13-17-32)18-20-6-2-1-3-7-20/h1-11,14-15,21H,12-13,16-19H2,(H,29,33). The van der Waals surface area contributed by atoms with Crippen molar-refractivity contribution in [3.05, 3.63) is 95.9 Å². The second-order valence-electron chi connectivity index (χ2n) is 8.58. The van der Waals surface area contributed by atoms with Crippen molar-refractivity contribution in [3.63, 3.8) is 0 Å². The lowest BCUT2D eigenvalue weighted by molar-refractivity contribution is 0.0947. The van der Waals surface area contributed by atoms with Gasteiger partial charge in [-0.05, 0) is 48.4 Å². The average molecular weight is 438 g/mol. The number of hydrogen-bond acceptors (Lipinski definition) is 5. The predicted octanol–water partition coefficient (Wildman–Crippen LogP) is 4.41. The van der Waals surface area contributed by atoms with Gasteiger partial charge < -0.3 is 10.2 Å². The highest BCUT2D eigenvalue weighted by Gasteiger charge is 2.24. The molecular weight excluding hydrogens is 410 g/mol. The molecule has 1 aliphatic heterocycles. The number of nitrogens with one attached hydrogen (secondary N) is 1. The van der Waals surface area contributed by atoms with Crippen molar-refractivity contribution in [2.24, 2.45) is 5.92 Å². The molecule has 166 valence electrons. The zero-order chi connectivity index (χ0) is 22.5. The van der Waals surface area contributed by atoms with E-state index in [1.165, 1.54) is 5.56 Å². The number of rotatable bonds is 6. The van der Waals surface area contributed by atoms with Crippen LogP contribution in [0.5, 0.6) is 0 Å². The summed E-state index contributed by atoms with van der Waals surface area (Å²) in [5, 5.41) is 13.6. The minimum absolute atomic E-state index is 0.219. The first-order valence-electron chi connectivity index (χ1n) is 11.5. The lowest BCUT2D eigenvalue weighted by atomic mass is 9.90. The topological polar surface area (TPSA) is 71.0 Å². The largest absolute Gasteiger partial charge is 0.355 e. The maximum Gasteiger partial charge on any atom is 0.272 e. The highest BCUT2D eigenvalue weighted by atomic mass is 16.1. The number of aromatic nitrogens is 3. The zero-order valence-corrected chi connectivity index (χ0v) is 18.5. The summed E-state index contributed by atoms with van der Waals surface area (Å²) in [6.07, 6.45) is 6.80. The van der Waals surface area contributed by atoms with Crippen LogP contribution in [0.1, 0.15) is 34.5 Å². The number of nitrogens with zero attached hydrogens (tertiary/aromatic N) is 4. The number of benzene rings is 2. The summed E-state index contributed by atoms with van der Waals surface area (Å²) in [5.41, 5.74) is 2.76. The second kappa shape index (κ2) is 9.77. The summed E-state index contributed by atoms with van der Waals surface area (Å²) < 4.78 is 0. The highest BCUT2D eigenvalue weighted by molar-refractivity contribution is 6.07. The summed E-state index contributed by atoms with van der Waals surface area (Å²) in [7, 11) is 0. The maximum absolute atomic E-state index is 12.9. The molecule has 4 aromatic rings. The van der Waals surface area contributed by atoms with Gasteiger partial charge in [0.25, 0.3) is 5.91 Å². The molecule has 1 fully saturated rings. The lowest BCUT2D eigenvalue weighted by Crippen LogP contribution is -2.35. The van der Waals surface area contributed by atoms with E-state index >= 15 is 0 Å². The Morgan fingerprint density at radius 1 is 0.848 bits per heavy atom. The van der Waals surface area contributed by atoms with Crippen LogP contribution in [0, 0.1) is 5.92 Å². The molecule has 1 N–H and O–H groups in total. The van der Waals surface area contributed by atoms with Crippen molar-refractivity contribution >= 4 is 22.5 Å². The van der Waals surface area contributed by atoms with Crippen LogP contribution < -0.4 is 10.2 Å². The van der Waals surface area contributed by atoms with Gasteiger partial charge in [0, 0.05) is 42.8 Å². The van der Waals surface area contributed by atoms with Crippen LogP contribution in [0.4, 0.5) is 5.82 Å². The Balaban J connectivity index is 1.30. The number of anilines is 1. The fourth-order valence-electron chi connectivity index (χ4n) is 4.55. The van der Waals surface area contributed by atoms with E-state index in [0.29, 0.717) is 18.2 Å². The van der Waals surface area contributed by atoms with Crippen molar-refractivity contribution < 1.29 is 4.79 Å². The van der Waals surface area contributed by atoms with E-state index in [1.54, 1.807) is 12.4 Å². The van der Waals surface area contributed by atoms with Crippen molar-refractivity contribution in [3.8, 4) is 0 Å². The molecule has 6 nitrogen and oxygen atoms in total. The molecule has 1 aliphatic rings. The number of hydrogen-bond donors (Lipinski definition) is 1. The first-order valence-corrected chi connectivity index (χ1v) is 11.5. The molecule has 1 amide bonds. The zero-order valence-electron chi connectivity index (χ0n) is 18.5. The van der Waals surface area contributed by atoms with E-state index in [-0.39, 0.29) is 5.91 Å². The van der Waals surface area contributed by atoms with E-state index in [4.69, 9.17) is 0 Å². The fourth-order valence-corrected chi connectivity index (χ4v) is 4.55. The second-order valence-corrected chi connectivity index (χ2v) is 8.58. The predicted molar refractivity (Wildman–Crippen MR) is 130 cm³/mol. The molecule has 2 aromatic carbocycles. The van der Waals surface area contributed by atoms with E-state index < -0.39 is 0 Å². The van der Waals surface area contributed by atoms with Gasteiger partial charge in [-0.3, -0.25) is 9.78 Å². The molecule has 33 heavy (non-hydrogen) atoms. The van der Waals surface area contributed by atoms with Crippen LogP contribution >= 0.6 is 0 Å². The van der Waals surface area contributed by atoms with E-state index in [1.807, 2.05) is 36.4 Å². The Hall–Kier alpha value is -3.80. The van der Waals surface area contributed by atoms with Crippen molar-refractivity contribution in [1.82, 2.24) is 20.5 Å². The molecule has 2 aromatic heterocycles. The third-order valence-electron chi connectivity index (χ3n) is 6.37. The van der Waals surface area contributed by atoms with E-state index in [0.717, 1.165) is 54.5 Å². The molecule has 0 atom stereocenters. The van der Waals surface area contributed by atoms with Crippen LogP contribution in [0.3, 0.4) is 0 Å². The first-order chi connectivity index (χ1) is 16.3. The number of pyridine rings is 1. The quantitative estimate of drug-likeness (QED) is 0.484. The SMILES string of the molecule is O=C(NCc1ccncc1)c1nnc(N2CCC(Cc3ccccc3)CC2)c2ccccc12. The molecule has 3 heterocycles. The van der Waals surface area contributed by atoms with Crippen LogP contribution in [0.15, 0.2) is 79.1 Å². The van der Waals surface area contributed by atoms with Crippen molar-refractivity contribution in [2.75, 3.05) is 18.0 Å². The van der Waals surface area contributed by atoms with Gasteiger partial charge in [0.05, 0.1) is 0 Å². The Morgan fingerprint density at radius 2 is 1.55 bits per heavy atom. The molecule has 0 radical (unpaired) electrons. The van der Waals surface area contributed by atoms with Crippen LogP contribution in [0.25, 0.3) is 10.8 Å². The molecule has 0 spiro atoms. The Kier molecular flexibility index (Phi) is 6.24. The monoisotopic (exact) mass is 437 g/mol. The molecule has 0 aliphatic carbocycles. The van der Waals surface area contributed by atoms with Crippen LogP contribution in [-0.4, -0.2) is 34.2 Å². The Bertz CT molecular complexity index is 1220. The summed E-state index contributed by atoms with van der Waals surface area (Å²) in [5.74, 6) is 1.33. The van der Waals surface area contributed by atoms with Gasteiger partial charge >= 0.3 is 0 Å². The molecule has 0 unspecified atom stereocenters. The molecule has 6 heteroatoms. The van der Waals surface area contributed by atoms with Gasteiger partial charge in [0.2, 0.25) is 0 Å². The lowest BCUT2D eigenvalue weighted by Gasteiger charge is -2.33. The number of carbonyl (C=O) groups excluding carboxylic acids is 1. The van der Waals surface area contributed by atoms with Gasteiger partial charge in [-0.1, -0.05) is 54.6 Å². The molecule has 0 saturated carbocycles. The number of amides is 1. The summed E-state index contributed by atoms with van der Waals surface area (Å²) in [6.45, 7) is 2.32. The molecule has 5 rings (SSSR count). The number of carbonyl (C=O) groups is 1. The fraction of sp³-hybridized carbons (Fsp3) is 0.259. The van der Waals surface area contributed by atoms with Gasteiger partial charge in [-0.2, -0.15) is 0 Å². The molecule has 1 saturated heterocycles. The van der Waals surface area contributed by atoms with E-state index in [2.05, 4.69) is 55.7 Å². The van der Waals surface area contributed by atoms with Gasteiger partial charge in [-0.15, -0.1) is 10.2 Å².